The summed E-state index contributed by atoms with van der Waals surface area (Å²) < 4.78 is 10.6. The summed E-state index contributed by atoms with van der Waals surface area (Å²) in [6.07, 6.45) is 3.58. The summed E-state index contributed by atoms with van der Waals surface area (Å²) >= 11 is 0. The lowest BCUT2D eigenvalue weighted by molar-refractivity contribution is -0.137. The average Bonchev–Trinajstić information content (AvgIpc) is 4.05. The first-order chi connectivity index (χ1) is 28.5. The highest BCUT2D eigenvalue weighted by molar-refractivity contribution is 5.88. The predicted molar refractivity (Wildman–Crippen MR) is 210 cm³/mol. The van der Waals surface area contributed by atoms with Gasteiger partial charge in [0, 0.05) is 38.8 Å². The van der Waals surface area contributed by atoms with Gasteiger partial charge in [-0.1, -0.05) is 40.6 Å². The number of primary amides is 2. The van der Waals surface area contributed by atoms with Crippen molar-refractivity contribution in [3.63, 3.8) is 0 Å². The minimum absolute atomic E-state index is 0.00250. The number of likely N-dealkylation sites (tertiary alicyclic amines) is 2. The number of nitrogens with two attached hydrogens (primary N) is 4. The van der Waals surface area contributed by atoms with Crippen LogP contribution in [0, 0.1) is 0 Å². The molecule has 2 aliphatic heterocycles. The highest BCUT2D eigenvalue weighted by atomic mass is 16.5. The predicted octanol–water partition coefficient (Wildman–Crippen LogP) is 1.39. The van der Waals surface area contributed by atoms with Gasteiger partial charge in [-0.05, 0) is 64.4 Å². The lowest BCUT2D eigenvalue weighted by Crippen LogP contribution is -2.46. The minimum atomic E-state index is -1.05. The monoisotopic (exact) mass is 838 g/mol. The van der Waals surface area contributed by atoms with Gasteiger partial charge in [-0.25, -0.2) is 9.59 Å². The number of carbonyl (C=O) groups is 7. The summed E-state index contributed by atoms with van der Waals surface area (Å²) in [5.74, 6) is -1.59. The number of nitrogens with one attached hydrogen (secondary N) is 2. The van der Waals surface area contributed by atoms with Crippen molar-refractivity contribution in [3.05, 3.63) is 59.3 Å². The number of Topliss-reactive ketones (excluding diaryl/α,β-unsaturated/α-hetero) is 2. The third-order valence-corrected chi connectivity index (χ3v) is 10.1. The van der Waals surface area contributed by atoms with Gasteiger partial charge < -0.3 is 57.5 Å². The first-order valence-corrected chi connectivity index (χ1v) is 19.7. The second kappa shape index (κ2) is 22.2. The van der Waals surface area contributed by atoms with Gasteiger partial charge in [0.15, 0.2) is 23.2 Å². The highest BCUT2D eigenvalue weighted by Crippen LogP contribution is 2.25. The second-order valence-electron chi connectivity index (χ2n) is 14.8. The second-order valence-corrected chi connectivity index (χ2v) is 14.8. The van der Waals surface area contributed by atoms with Crippen molar-refractivity contribution in [2.45, 2.75) is 121 Å². The third-order valence-electron chi connectivity index (χ3n) is 10.1. The summed E-state index contributed by atoms with van der Waals surface area (Å²) in [5.41, 5.74) is 23.2. The molecular formula is C38H54N12O10. The number of aliphatic carboxylic acids is 1. The fraction of sp³-hybridized carbons (Fsp3) is 0.553. The van der Waals surface area contributed by atoms with Crippen LogP contribution in [0.1, 0.15) is 131 Å². The van der Waals surface area contributed by atoms with Gasteiger partial charge in [0.25, 0.3) is 0 Å². The average molecular weight is 839 g/mol. The van der Waals surface area contributed by atoms with E-state index in [9.17, 15) is 33.6 Å². The zero-order valence-electron chi connectivity index (χ0n) is 33.7. The molecule has 5 rings (SSSR count). The molecule has 2 saturated heterocycles. The summed E-state index contributed by atoms with van der Waals surface area (Å²) in [7, 11) is 0. The third kappa shape index (κ3) is 13.6. The zero-order chi connectivity index (χ0) is 43.9. The van der Waals surface area contributed by atoms with Gasteiger partial charge >= 0.3 is 18.0 Å². The molecule has 4 heterocycles. The molecule has 326 valence electrons. The van der Waals surface area contributed by atoms with Gasteiger partial charge in [-0.2, -0.15) is 9.97 Å². The van der Waals surface area contributed by atoms with Gasteiger partial charge in [0.1, 0.15) is 12.1 Å². The van der Waals surface area contributed by atoms with Crippen LogP contribution in [0.3, 0.4) is 0 Å². The number of benzene rings is 1. The summed E-state index contributed by atoms with van der Waals surface area (Å²) in [6.45, 7) is 3.86. The largest absolute Gasteiger partial charge is 0.481 e. The molecule has 0 aliphatic carbocycles. The zero-order valence-corrected chi connectivity index (χ0v) is 33.7. The number of aromatic nitrogens is 4. The van der Waals surface area contributed by atoms with Gasteiger partial charge in [0.2, 0.25) is 23.6 Å². The number of carboxylic acids is 1. The molecule has 2 aliphatic rings. The molecule has 2 unspecified atom stereocenters. The Morgan fingerprint density at radius 2 is 1.17 bits per heavy atom. The number of carboxylic acid groups (broad SMARTS) is 1. The van der Waals surface area contributed by atoms with Crippen LogP contribution in [0.25, 0.3) is 0 Å². The van der Waals surface area contributed by atoms with Crippen LogP contribution in [-0.2, 0) is 30.4 Å². The maximum absolute atomic E-state index is 12.9. The Kier molecular flexibility index (Phi) is 17.2. The Labute approximate surface area is 345 Å². The van der Waals surface area contributed by atoms with Crippen LogP contribution in [0.4, 0.5) is 9.59 Å². The van der Waals surface area contributed by atoms with Gasteiger partial charge in [-0.15, -0.1) is 0 Å². The van der Waals surface area contributed by atoms with Crippen LogP contribution < -0.4 is 33.6 Å². The molecule has 0 saturated carbocycles. The van der Waals surface area contributed by atoms with E-state index in [1.165, 1.54) is 18.7 Å². The number of nitrogens with zero attached hydrogens (tertiary/aromatic N) is 6. The van der Waals surface area contributed by atoms with E-state index in [0.29, 0.717) is 38.8 Å². The maximum atomic E-state index is 12.9. The van der Waals surface area contributed by atoms with Crippen molar-refractivity contribution in [2.75, 3.05) is 13.1 Å². The summed E-state index contributed by atoms with van der Waals surface area (Å²) in [5, 5.41) is 22.3. The van der Waals surface area contributed by atoms with Crippen molar-refractivity contribution in [1.82, 2.24) is 40.7 Å². The smallest absolute Gasteiger partial charge is 0.318 e. The van der Waals surface area contributed by atoms with E-state index in [-0.39, 0.29) is 79.6 Å². The number of ketones is 2. The van der Waals surface area contributed by atoms with Gasteiger partial charge in [0.05, 0.1) is 24.2 Å². The SMILES string of the molecule is CC(=O)C1CCCN1C(=O)N[C@@H](CCC(=O)O)c1nc([C@@H](N)CCC(N)=O)no1.CC(=O)C1CCCN1C(=O)N[C@@H](Cc1ccccc1)c1nc([C@@H](N)CCC(N)=O)no1. The van der Waals surface area contributed by atoms with E-state index in [1.54, 1.807) is 4.90 Å². The van der Waals surface area contributed by atoms with Crippen molar-refractivity contribution in [1.29, 1.82) is 0 Å². The van der Waals surface area contributed by atoms with E-state index in [1.807, 2.05) is 30.3 Å². The number of carbonyl (C=O) groups excluding carboxylic acids is 6. The maximum Gasteiger partial charge on any atom is 0.318 e. The summed E-state index contributed by atoms with van der Waals surface area (Å²) in [4.78, 5) is 93.6. The van der Waals surface area contributed by atoms with Gasteiger partial charge in [-0.3, -0.25) is 24.0 Å². The van der Waals surface area contributed by atoms with E-state index in [4.69, 9.17) is 37.1 Å². The molecule has 2 fully saturated rings. The number of amides is 6. The molecule has 3 aromatic rings. The van der Waals surface area contributed by atoms with Crippen LogP contribution in [0.15, 0.2) is 39.4 Å². The Morgan fingerprint density at radius 3 is 1.60 bits per heavy atom. The molecular weight excluding hydrogens is 784 g/mol. The van der Waals surface area contributed by atoms with E-state index >= 15 is 0 Å². The first-order valence-electron chi connectivity index (χ1n) is 19.7. The van der Waals surface area contributed by atoms with E-state index < -0.39 is 60.1 Å². The summed E-state index contributed by atoms with van der Waals surface area (Å²) in [6, 6.07) is 5.02. The Bertz CT molecular complexity index is 1960. The number of urea groups is 2. The van der Waals surface area contributed by atoms with Crippen molar-refractivity contribution in [2.24, 2.45) is 22.9 Å². The highest BCUT2D eigenvalue weighted by Gasteiger charge is 2.36. The Balaban J connectivity index is 0.000000265. The molecule has 6 atom stereocenters. The topological polar surface area (TPSA) is 352 Å². The molecule has 1 aromatic carbocycles. The molecule has 2 aromatic heterocycles. The molecule has 0 radical (unpaired) electrons. The molecule has 11 N–H and O–H groups in total. The Morgan fingerprint density at radius 1 is 0.717 bits per heavy atom. The van der Waals surface area contributed by atoms with E-state index in [2.05, 4.69) is 30.9 Å². The molecule has 0 bridgehead atoms. The molecule has 0 spiro atoms. The standard InChI is InChI=1S/C21H28N6O4.C17H26N6O6/c1-13(28)17-8-5-11-27(17)21(30)24-16(12-14-6-3-2-4-7-14)20-25-19(26-31-20)15(22)9-10-18(23)29;1-9(24)12-3-2-8-23(12)17(28)20-11(5-7-14(26)27)16-21-15(22-29-16)10(18)4-6-13(19)25/h2-4,6-7,15-17H,5,8-12,22H2,1H3,(H2,23,29)(H,24,30);10-12H,2-8,18H2,1H3,(H2,19,25)(H,20,28)(H,26,27)/t15-,16-,17?;10-,11-,12?/m00/s1. The quantitative estimate of drug-likeness (QED) is 0.0896. The molecule has 22 nitrogen and oxygen atoms in total. The number of hydrogen-bond donors (Lipinski definition) is 7. The lowest BCUT2D eigenvalue weighted by atomic mass is 10.1. The van der Waals surface area contributed by atoms with Crippen LogP contribution in [0.2, 0.25) is 0 Å². The normalized spacial score (nSPS) is 18.1. The minimum Gasteiger partial charge on any atom is -0.481 e. The van der Waals surface area contributed by atoms with Crippen molar-refractivity contribution in [3.8, 4) is 0 Å². The van der Waals surface area contributed by atoms with Crippen LogP contribution in [-0.4, -0.2) is 102 Å². The van der Waals surface area contributed by atoms with E-state index in [0.717, 1.165) is 12.0 Å². The molecule has 60 heavy (non-hydrogen) atoms. The molecule has 22 heteroatoms. The van der Waals surface area contributed by atoms with Crippen LogP contribution in [0.5, 0.6) is 0 Å². The number of hydrogen-bond acceptors (Lipinski definition) is 15. The lowest BCUT2D eigenvalue weighted by Gasteiger charge is -2.25. The first kappa shape index (κ1) is 46.4. The molecule has 6 amide bonds. The van der Waals surface area contributed by atoms with Crippen molar-refractivity contribution >= 4 is 41.4 Å². The number of rotatable bonds is 19. The Hall–Kier alpha value is -6.29. The fourth-order valence-electron chi connectivity index (χ4n) is 6.84. The fourth-order valence-corrected chi connectivity index (χ4v) is 6.84. The van der Waals surface area contributed by atoms with Crippen molar-refractivity contribution < 1.29 is 47.7 Å². The van der Waals surface area contributed by atoms with Crippen LogP contribution >= 0.6 is 0 Å².